The van der Waals surface area contributed by atoms with Gasteiger partial charge in [-0.15, -0.1) is 0 Å². The Balaban J connectivity index is 1.29. The van der Waals surface area contributed by atoms with Gasteiger partial charge >= 0.3 is 0 Å². The molecule has 0 aromatic heterocycles. The van der Waals surface area contributed by atoms with Crippen LogP contribution >= 0.6 is 10.0 Å². The predicted octanol–water partition coefficient (Wildman–Crippen LogP) is 14.6. The fourth-order valence-electron chi connectivity index (χ4n) is 9.18. The lowest BCUT2D eigenvalue weighted by atomic mass is 9.91. The molecule has 9 rings (SSSR count). The zero-order chi connectivity index (χ0) is 36.6. The quantitative estimate of drug-likeness (QED) is 0.151. The summed E-state index contributed by atoms with van der Waals surface area (Å²) in [5.74, 6) is 0.921. The second-order valence-corrected chi connectivity index (χ2v) is 18.4. The molecule has 0 fully saturated rings. The molecule has 1 aliphatic carbocycles. The summed E-state index contributed by atoms with van der Waals surface area (Å²) in [7, 11) is -1.77. The first-order valence-corrected chi connectivity index (χ1v) is 21.2. The Morgan fingerprint density at radius 2 is 1.28 bits per heavy atom. The minimum absolute atomic E-state index is 0.207. The molecule has 0 bridgehead atoms. The van der Waals surface area contributed by atoms with Crippen LogP contribution in [0.2, 0.25) is 0 Å². The summed E-state index contributed by atoms with van der Waals surface area (Å²) in [5.41, 5.74) is 15.0. The molecule has 1 heterocycles. The highest BCUT2D eigenvalue weighted by Gasteiger charge is 2.43. The van der Waals surface area contributed by atoms with Crippen LogP contribution in [0.3, 0.4) is 0 Å². The van der Waals surface area contributed by atoms with Gasteiger partial charge in [-0.2, -0.15) is 10.0 Å². The number of hydrogen-bond acceptors (Lipinski definition) is 1. The highest BCUT2D eigenvalue weighted by atomic mass is 32.3. The number of anilines is 2. The summed E-state index contributed by atoms with van der Waals surface area (Å²) < 4.78 is 0. The van der Waals surface area contributed by atoms with E-state index in [-0.39, 0.29) is 5.25 Å². The number of para-hydroxylation sites is 1. The second kappa shape index (κ2) is 14.3. The first kappa shape index (κ1) is 34.2. The van der Waals surface area contributed by atoms with Crippen LogP contribution in [0.4, 0.5) is 11.4 Å². The third-order valence-corrected chi connectivity index (χ3v) is 15.8. The van der Waals surface area contributed by atoms with Gasteiger partial charge in [0.25, 0.3) is 0 Å². The van der Waals surface area contributed by atoms with Crippen molar-refractivity contribution in [3.8, 4) is 11.1 Å². The van der Waals surface area contributed by atoms with Gasteiger partial charge in [0.15, 0.2) is 0 Å². The first-order valence-electron chi connectivity index (χ1n) is 19.3. The monoisotopic (exact) mass is 717 g/mol. The van der Waals surface area contributed by atoms with Gasteiger partial charge in [0, 0.05) is 34.5 Å². The largest absolute Gasteiger partial charge is 0.341 e. The Bertz CT molecular complexity index is 2500. The molecule has 54 heavy (non-hydrogen) atoms. The van der Waals surface area contributed by atoms with Crippen molar-refractivity contribution in [2.24, 2.45) is 0 Å². The van der Waals surface area contributed by atoms with Crippen molar-refractivity contribution in [2.75, 3.05) is 11.4 Å². The highest BCUT2D eigenvalue weighted by molar-refractivity contribution is 8.33. The van der Waals surface area contributed by atoms with E-state index in [1.54, 1.807) is 0 Å². The molecular weight excluding hydrogens is 671 g/mol. The topological polar surface area (TPSA) is 3.24 Å². The van der Waals surface area contributed by atoms with Gasteiger partial charge in [0.1, 0.15) is 0 Å². The van der Waals surface area contributed by atoms with Crippen molar-refractivity contribution in [3.05, 3.63) is 203 Å². The lowest BCUT2D eigenvalue weighted by Crippen LogP contribution is -2.25. The van der Waals surface area contributed by atoms with E-state index < -0.39 is 10.0 Å². The number of nitrogens with zero attached hydrogens (tertiary/aromatic N) is 1. The van der Waals surface area contributed by atoms with Crippen LogP contribution in [-0.4, -0.2) is 6.54 Å². The molecule has 0 amide bonds. The standard InChI is InChI=1S/C52H47NS/c1-37(2)34-48-41(21-15-29-46(48)45-28-14-20-39-18-10-12-27-44(39)45)36-54(42-23-6-4-7-24-42,43-25-8-5-9-26-43)52-38(3)35-49-47(52)30-16-32-51(49)53-33-17-22-40-19-11-13-31-50(40)53/h4-16,18-21,23-32,34-35,52H,17,22,33,36H2,1-3H3. The maximum Gasteiger partial charge on any atom is 0.0487 e. The van der Waals surface area contributed by atoms with Crippen molar-refractivity contribution in [3.63, 3.8) is 0 Å². The minimum Gasteiger partial charge on any atom is -0.341 e. The molecule has 1 aliphatic heterocycles. The van der Waals surface area contributed by atoms with Crippen molar-refractivity contribution in [2.45, 2.75) is 54.4 Å². The Morgan fingerprint density at radius 1 is 0.648 bits per heavy atom. The molecule has 0 radical (unpaired) electrons. The number of fused-ring (bicyclic) bond motifs is 3. The zero-order valence-electron chi connectivity index (χ0n) is 31.5. The van der Waals surface area contributed by atoms with E-state index in [2.05, 4.69) is 202 Å². The Morgan fingerprint density at radius 3 is 2.06 bits per heavy atom. The van der Waals surface area contributed by atoms with E-state index in [0.717, 1.165) is 25.1 Å². The highest BCUT2D eigenvalue weighted by Crippen LogP contribution is 2.77. The summed E-state index contributed by atoms with van der Waals surface area (Å²) in [6, 6.07) is 61.7. The van der Waals surface area contributed by atoms with E-state index >= 15 is 0 Å². The summed E-state index contributed by atoms with van der Waals surface area (Å²) in [6.45, 7) is 7.90. The molecule has 1 unspecified atom stereocenters. The van der Waals surface area contributed by atoms with Crippen molar-refractivity contribution in [1.29, 1.82) is 0 Å². The second-order valence-electron chi connectivity index (χ2n) is 15.1. The van der Waals surface area contributed by atoms with Gasteiger partial charge in [0.05, 0.1) is 0 Å². The number of benzene rings is 7. The summed E-state index contributed by atoms with van der Waals surface area (Å²) in [5, 5.41) is 2.77. The average molecular weight is 718 g/mol. The molecule has 2 aliphatic rings. The van der Waals surface area contributed by atoms with Gasteiger partial charge in [-0.1, -0.05) is 151 Å². The number of allylic oxidation sites excluding steroid dienone is 1. The van der Waals surface area contributed by atoms with E-state index in [1.807, 2.05) is 0 Å². The van der Waals surface area contributed by atoms with Crippen molar-refractivity contribution < 1.29 is 0 Å². The van der Waals surface area contributed by atoms with Crippen LogP contribution in [0.15, 0.2) is 185 Å². The van der Waals surface area contributed by atoms with Crippen LogP contribution in [0, 0.1) is 0 Å². The van der Waals surface area contributed by atoms with E-state index in [0.29, 0.717) is 0 Å². The molecule has 7 aromatic carbocycles. The number of rotatable bonds is 8. The van der Waals surface area contributed by atoms with Crippen molar-refractivity contribution in [1.82, 2.24) is 0 Å². The van der Waals surface area contributed by atoms with Gasteiger partial charge in [-0.3, -0.25) is 0 Å². The van der Waals surface area contributed by atoms with Gasteiger partial charge in [-0.05, 0) is 124 Å². The maximum atomic E-state index is 2.59. The zero-order valence-corrected chi connectivity index (χ0v) is 32.3. The SMILES string of the molecule is CC(C)=Cc1c(CS(c2ccccc2)(c2ccccc2)C2C(C)=Cc3c2cccc3N2CCCc3ccccc32)cccc1-c1cccc2ccccc12. The lowest BCUT2D eigenvalue weighted by molar-refractivity contribution is 0.766. The Labute approximate surface area is 322 Å². The summed E-state index contributed by atoms with van der Waals surface area (Å²) >= 11 is 0. The van der Waals surface area contributed by atoms with Gasteiger partial charge < -0.3 is 4.90 Å². The smallest absolute Gasteiger partial charge is 0.0487 e. The summed E-state index contributed by atoms with van der Waals surface area (Å²) in [4.78, 5) is 5.44. The molecule has 1 atom stereocenters. The molecule has 7 aromatic rings. The summed E-state index contributed by atoms with van der Waals surface area (Å²) in [6.07, 6.45) is 7.27. The molecular formula is C52H47NS. The molecule has 2 heteroatoms. The Kier molecular flexibility index (Phi) is 9.09. The predicted molar refractivity (Wildman–Crippen MR) is 234 cm³/mol. The Hall–Kier alpha value is -5.57. The normalized spacial score (nSPS) is 15.4. The van der Waals surface area contributed by atoms with Crippen LogP contribution in [-0.2, 0) is 12.2 Å². The third-order valence-electron chi connectivity index (χ3n) is 11.4. The minimum atomic E-state index is -1.77. The van der Waals surface area contributed by atoms with E-state index in [9.17, 15) is 0 Å². The fraction of sp³-hybridized carbons (Fsp3) is 0.154. The van der Waals surface area contributed by atoms with E-state index in [4.69, 9.17) is 0 Å². The van der Waals surface area contributed by atoms with Crippen LogP contribution in [0.1, 0.15) is 60.3 Å². The molecule has 0 N–H and O–H groups in total. The van der Waals surface area contributed by atoms with Crippen LogP contribution in [0.5, 0.6) is 0 Å². The van der Waals surface area contributed by atoms with Gasteiger partial charge in [-0.25, -0.2) is 0 Å². The lowest BCUT2D eigenvalue weighted by Gasteiger charge is -2.48. The molecule has 266 valence electrons. The van der Waals surface area contributed by atoms with E-state index in [1.165, 1.54) is 82.0 Å². The average Bonchev–Trinajstić information content (AvgIpc) is 3.56. The van der Waals surface area contributed by atoms with Crippen LogP contribution < -0.4 is 4.90 Å². The molecule has 0 spiro atoms. The first-order chi connectivity index (χ1) is 26.5. The molecule has 0 saturated carbocycles. The molecule has 1 nitrogen and oxygen atoms in total. The van der Waals surface area contributed by atoms with Crippen molar-refractivity contribution >= 4 is 44.3 Å². The number of hydrogen-bond donors (Lipinski definition) is 0. The molecule has 0 saturated heterocycles. The fourth-order valence-corrected chi connectivity index (χ4v) is 13.9. The van der Waals surface area contributed by atoms with Crippen LogP contribution in [0.25, 0.3) is 34.1 Å². The third kappa shape index (κ3) is 5.90. The maximum absolute atomic E-state index is 2.59. The van der Waals surface area contributed by atoms with Gasteiger partial charge in [0.2, 0.25) is 0 Å². The number of aryl methyl sites for hydroxylation is 1.